The van der Waals surface area contributed by atoms with Crippen LogP contribution in [0.5, 0.6) is 11.5 Å². The van der Waals surface area contributed by atoms with Crippen molar-refractivity contribution in [2.75, 3.05) is 19.0 Å². The Bertz CT molecular complexity index is 883. The largest absolute Gasteiger partial charge is 0.573 e. The molecule has 0 radical (unpaired) electrons. The van der Waals surface area contributed by atoms with E-state index in [4.69, 9.17) is 4.74 Å². The maximum absolute atomic E-state index is 12.6. The van der Waals surface area contributed by atoms with Gasteiger partial charge in [-0.2, -0.15) is 0 Å². The number of nitrogens with one attached hydrogen (secondary N) is 1. The minimum absolute atomic E-state index is 0.0836. The summed E-state index contributed by atoms with van der Waals surface area (Å²) in [5.41, 5.74) is 0.947. The minimum atomic E-state index is -4.82. The molecular weight excluding hydrogens is 365 g/mol. The number of alkyl halides is 3. The maximum atomic E-state index is 12.6. The zero-order chi connectivity index (χ0) is 19.6. The quantitative estimate of drug-likeness (QED) is 0.885. The Labute approximate surface area is 152 Å². The average Bonchev–Trinajstić information content (AvgIpc) is 2.61. The molecule has 142 valence electrons. The van der Waals surface area contributed by atoms with Gasteiger partial charge in [-0.3, -0.25) is 9.59 Å². The van der Waals surface area contributed by atoms with Crippen molar-refractivity contribution in [3.8, 4) is 11.5 Å². The number of carbonyl (C=O) groups excluding carboxylic acids is 2. The SMILES string of the molecule is CN(Cc1ccccc1OC(F)(F)F)C(=O)c1ccc2c(c1)OCC(=O)N2. The molecule has 0 spiro atoms. The fourth-order valence-electron chi connectivity index (χ4n) is 2.61. The standard InChI is InChI=1S/C18H15F3N2O4/c1-23(9-12-4-2-3-5-14(12)27-18(19,20)21)17(25)11-6-7-13-15(8-11)26-10-16(24)22-13/h2-8H,9-10H2,1H3,(H,22,24). The molecule has 1 aliphatic heterocycles. The van der Waals surface area contributed by atoms with Gasteiger partial charge in [-0.1, -0.05) is 18.2 Å². The number of fused-ring (bicyclic) bond motifs is 1. The van der Waals surface area contributed by atoms with E-state index in [9.17, 15) is 22.8 Å². The van der Waals surface area contributed by atoms with Crippen LogP contribution in [-0.4, -0.2) is 36.7 Å². The third-order valence-electron chi connectivity index (χ3n) is 3.81. The lowest BCUT2D eigenvalue weighted by Gasteiger charge is -2.22. The Morgan fingerprint density at radius 2 is 2.00 bits per heavy atom. The van der Waals surface area contributed by atoms with Crippen LogP contribution in [0.1, 0.15) is 15.9 Å². The van der Waals surface area contributed by atoms with Crippen molar-refractivity contribution in [3.63, 3.8) is 0 Å². The highest BCUT2D eigenvalue weighted by molar-refractivity contribution is 5.98. The van der Waals surface area contributed by atoms with Crippen LogP contribution in [0.4, 0.5) is 18.9 Å². The Hall–Kier alpha value is -3.23. The number of para-hydroxylation sites is 1. The van der Waals surface area contributed by atoms with Gasteiger partial charge in [-0.25, -0.2) is 0 Å². The van der Waals surface area contributed by atoms with E-state index >= 15 is 0 Å². The summed E-state index contributed by atoms with van der Waals surface area (Å²) in [5, 5.41) is 2.61. The molecule has 0 unspecified atom stereocenters. The number of halogens is 3. The number of rotatable bonds is 4. The third kappa shape index (κ3) is 4.49. The predicted molar refractivity (Wildman–Crippen MR) is 89.5 cm³/mol. The van der Waals surface area contributed by atoms with Crippen molar-refractivity contribution < 1.29 is 32.2 Å². The van der Waals surface area contributed by atoms with Gasteiger partial charge in [0.05, 0.1) is 5.69 Å². The molecule has 6 nitrogen and oxygen atoms in total. The van der Waals surface area contributed by atoms with E-state index in [1.807, 2.05) is 0 Å². The van der Waals surface area contributed by atoms with Crippen molar-refractivity contribution in [1.29, 1.82) is 0 Å². The van der Waals surface area contributed by atoms with Gasteiger partial charge in [-0.15, -0.1) is 13.2 Å². The van der Waals surface area contributed by atoms with Crippen LogP contribution < -0.4 is 14.8 Å². The summed E-state index contributed by atoms with van der Waals surface area (Å²) in [6, 6.07) is 10.1. The molecule has 0 saturated heterocycles. The van der Waals surface area contributed by atoms with Crippen molar-refractivity contribution in [2.24, 2.45) is 0 Å². The van der Waals surface area contributed by atoms with Crippen molar-refractivity contribution >= 4 is 17.5 Å². The molecule has 1 N–H and O–H groups in total. The van der Waals surface area contributed by atoms with Crippen molar-refractivity contribution in [1.82, 2.24) is 4.90 Å². The van der Waals surface area contributed by atoms with Gasteiger partial charge in [0.2, 0.25) is 0 Å². The number of anilines is 1. The van der Waals surface area contributed by atoms with Crippen molar-refractivity contribution in [3.05, 3.63) is 53.6 Å². The van der Waals surface area contributed by atoms with E-state index in [0.717, 1.165) is 0 Å². The van der Waals surface area contributed by atoms with Crippen LogP contribution in [-0.2, 0) is 11.3 Å². The first-order valence-corrected chi connectivity index (χ1v) is 7.89. The molecule has 0 aromatic heterocycles. The molecule has 2 amide bonds. The highest BCUT2D eigenvalue weighted by atomic mass is 19.4. The number of amides is 2. The summed E-state index contributed by atoms with van der Waals surface area (Å²) in [4.78, 5) is 25.2. The lowest BCUT2D eigenvalue weighted by atomic mass is 10.1. The smallest absolute Gasteiger partial charge is 0.482 e. The van der Waals surface area contributed by atoms with E-state index in [1.54, 1.807) is 6.07 Å². The second-order valence-electron chi connectivity index (χ2n) is 5.86. The number of hydrogen-bond acceptors (Lipinski definition) is 4. The lowest BCUT2D eigenvalue weighted by molar-refractivity contribution is -0.275. The molecule has 2 aromatic carbocycles. The first kappa shape index (κ1) is 18.6. The molecule has 0 atom stereocenters. The molecule has 9 heteroatoms. The summed E-state index contributed by atoms with van der Waals surface area (Å²) in [6.07, 6.45) is -4.82. The van der Waals surface area contributed by atoms with E-state index in [2.05, 4.69) is 10.1 Å². The van der Waals surface area contributed by atoms with Gasteiger partial charge < -0.3 is 19.7 Å². The molecule has 1 aliphatic rings. The van der Waals surface area contributed by atoms with E-state index < -0.39 is 12.3 Å². The highest BCUT2D eigenvalue weighted by Crippen LogP contribution is 2.30. The molecule has 2 aromatic rings. The second-order valence-corrected chi connectivity index (χ2v) is 5.86. The molecule has 27 heavy (non-hydrogen) atoms. The van der Waals surface area contributed by atoms with Crippen LogP contribution >= 0.6 is 0 Å². The minimum Gasteiger partial charge on any atom is -0.482 e. The maximum Gasteiger partial charge on any atom is 0.573 e. The number of hydrogen-bond donors (Lipinski definition) is 1. The van der Waals surface area contributed by atoms with Crippen LogP contribution in [0.3, 0.4) is 0 Å². The Balaban J connectivity index is 1.76. The topological polar surface area (TPSA) is 67.9 Å². The summed E-state index contributed by atoms with van der Waals surface area (Å²) in [5.74, 6) is -0.712. The van der Waals surface area contributed by atoms with Crippen LogP contribution in [0.2, 0.25) is 0 Å². The zero-order valence-electron chi connectivity index (χ0n) is 14.2. The van der Waals surface area contributed by atoms with Gasteiger partial charge in [-0.05, 0) is 24.3 Å². The Morgan fingerprint density at radius 1 is 1.26 bits per heavy atom. The summed E-state index contributed by atoms with van der Waals surface area (Å²) < 4.78 is 46.8. The van der Waals surface area contributed by atoms with Gasteiger partial charge >= 0.3 is 6.36 Å². The van der Waals surface area contributed by atoms with Crippen LogP contribution in [0.25, 0.3) is 0 Å². The van der Waals surface area contributed by atoms with Crippen LogP contribution in [0, 0.1) is 0 Å². The molecule has 0 saturated carbocycles. The predicted octanol–water partition coefficient (Wildman–Crippen LogP) is 3.19. The third-order valence-corrected chi connectivity index (χ3v) is 3.81. The molecule has 1 heterocycles. The number of nitrogens with zero attached hydrogens (tertiary/aromatic N) is 1. The molecule has 0 aliphatic carbocycles. The monoisotopic (exact) mass is 380 g/mol. The summed E-state index contributed by atoms with van der Waals surface area (Å²) >= 11 is 0. The lowest BCUT2D eigenvalue weighted by Crippen LogP contribution is -2.28. The Morgan fingerprint density at radius 3 is 2.74 bits per heavy atom. The van der Waals surface area contributed by atoms with Crippen LogP contribution in [0.15, 0.2) is 42.5 Å². The molecular formula is C18H15F3N2O4. The molecule has 0 bridgehead atoms. The first-order valence-electron chi connectivity index (χ1n) is 7.89. The molecule has 0 fully saturated rings. The first-order chi connectivity index (χ1) is 12.7. The van der Waals surface area contributed by atoms with Gasteiger partial charge in [0.25, 0.3) is 11.8 Å². The van der Waals surface area contributed by atoms with E-state index in [0.29, 0.717) is 11.4 Å². The van der Waals surface area contributed by atoms with E-state index in [1.165, 1.54) is 48.3 Å². The number of carbonyl (C=O) groups is 2. The second kappa shape index (κ2) is 7.18. The highest BCUT2D eigenvalue weighted by Gasteiger charge is 2.32. The fraction of sp³-hybridized carbons (Fsp3) is 0.222. The van der Waals surface area contributed by atoms with Crippen molar-refractivity contribution in [2.45, 2.75) is 12.9 Å². The Kier molecular flexibility index (Phi) is 4.93. The van der Waals surface area contributed by atoms with E-state index in [-0.39, 0.29) is 35.9 Å². The zero-order valence-corrected chi connectivity index (χ0v) is 14.2. The van der Waals surface area contributed by atoms with Gasteiger partial charge in [0, 0.05) is 24.7 Å². The normalized spacial score (nSPS) is 13.3. The summed E-state index contributed by atoms with van der Waals surface area (Å²) in [6.45, 7) is -0.234. The fourth-order valence-corrected chi connectivity index (χ4v) is 2.61. The average molecular weight is 380 g/mol. The van der Waals surface area contributed by atoms with Gasteiger partial charge in [0.15, 0.2) is 6.61 Å². The number of ether oxygens (including phenoxy) is 2. The summed E-state index contributed by atoms with van der Waals surface area (Å²) in [7, 11) is 1.47. The number of benzene rings is 2. The van der Waals surface area contributed by atoms with Gasteiger partial charge in [0.1, 0.15) is 11.5 Å². The molecule has 3 rings (SSSR count).